The van der Waals surface area contributed by atoms with E-state index in [1.165, 1.54) is 7.11 Å². The van der Waals surface area contributed by atoms with Gasteiger partial charge in [0.05, 0.1) is 7.11 Å². The zero-order chi connectivity index (χ0) is 12.9. The van der Waals surface area contributed by atoms with Gasteiger partial charge in [-0.25, -0.2) is 0 Å². The van der Waals surface area contributed by atoms with Crippen molar-refractivity contribution in [3.8, 4) is 5.75 Å². The number of carbonyl (C=O) groups is 1. The maximum absolute atomic E-state index is 10.9. The molecule has 0 aliphatic rings. The van der Waals surface area contributed by atoms with Crippen LogP contribution >= 0.6 is 6.26 Å². The lowest BCUT2D eigenvalue weighted by Gasteiger charge is -2.14. The molecular formula is C11H16NO3PS. The third-order valence-electron chi connectivity index (χ3n) is 1.84. The van der Waals surface area contributed by atoms with Crippen molar-refractivity contribution in [1.29, 1.82) is 0 Å². The summed E-state index contributed by atoms with van der Waals surface area (Å²) in [5.74, 6) is 0.449. The summed E-state index contributed by atoms with van der Waals surface area (Å²) in [5, 5.41) is 2.94. The number of hydrogen-bond acceptors (Lipinski definition) is 5. The van der Waals surface area contributed by atoms with Crippen molar-refractivity contribution in [2.75, 3.05) is 32.3 Å². The number of carbonyl (C=O) groups excluding carboxylic acids is 1. The lowest BCUT2D eigenvalue weighted by Crippen LogP contribution is -2.14. The minimum absolute atomic E-state index is 0.149. The number of anilines is 1. The van der Waals surface area contributed by atoms with Crippen molar-refractivity contribution in [2.45, 2.75) is 0 Å². The maximum atomic E-state index is 10.9. The molecule has 4 nitrogen and oxygen atoms in total. The molecule has 6 heteroatoms. The summed E-state index contributed by atoms with van der Waals surface area (Å²) in [6.07, 6.45) is -1.70. The van der Waals surface area contributed by atoms with E-state index in [0.717, 1.165) is 11.4 Å². The smallest absolute Gasteiger partial charge is 0.325 e. The summed E-state index contributed by atoms with van der Waals surface area (Å²) < 4.78 is 10.1. The molecule has 0 aliphatic heterocycles. The lowest BCUT2D eigenvalue weighted by molar-refractivity contribution is -0.138. The Hall–Kier alpha value is -1.06. The molecule has 0 fully saturated rings. The van der Waals surface area contributed by atoms with Crippen molar-refractivity contribution < 1.29 is 14.1 Å². The zero-order valence-electron chi connectivity index (χ0n) is 10.1. The van der Waals surface area contributed by atoms with Crippen molar-refractivity contribution >= 4 is 29.7 Å². The molecule has 0 atom stereocenters. The van der Waals surface area contributed by atoms with Crippen molar-refractivity contribution in [3.63, 3.8) is 0 Å². The third-order valence-corrected chi connectivity index (χ3v) is 2.72. The summed E-state index contributed by atoms with van der Waals surface area (Å²) in [7, 11) is 1.36. The van der Waals surface area contributed by atoms with Crippen molar-refractivity contribution in [3.05, 3.63) is 24.3 Å². The van der Waals surface area contributed by atoms with E-state index in [2.05, 4.69) is 10.1 Å². The third kappa shape index (κ3) is 5.71. The van der Waals surface area contributed by atoms with Gasteiger partial charge < -0.3 is 14.6 Å². The van der Waals surface area contributed by atoms with Crippen LogP contribution in [0.25, 0.3) is 0 Å². The van der Waals surface area contributed by atoms with Crippen LogP contribution < -0.4 is 9.84 Å². The molecule has 17 heavy (non-hydrogen) atoms. The van der Waals surface area contributed by atoms with Crippen LogP contribution in [-0.4, -0.2) is 33.0 Å². The molecule has 0 amide bonds. The fourth-order valence-corrected chi connectivity index (χ4v) is 2.02. The summed E-state index contributed by atoms with van der Waals surface area (Å²) in [6.45, 7) is 3.99. The predicted molar refractivity (Wildman–Crippen MR) is 73.7 cm³/mol. The zero-order valence-corrected chi connectivity index (χ0v) is 11.8. The van der Waals surface area contributed by atoms with Crippen LogP contribution in [0.5, 0.6) is 5.75 Å². The van der Waals surface area contributed by atoms with E-state index < -0.39 is 6.26 Å². The number of methoxy groups -OCH3 is 1. The van der Waals surface area contributed by atoms with E-state index in [1.807, 2.05) is 37.6 Å². The Morgan fingerprint density at radius 1 is 1.35 bits per heavy atom. The van der Waals surface area contributed by atoms with Crippen LogP contribution in [0.1, 0.15) is 0 Å². The Morgan fingerprint density at radius 3 is 2.41 bits per heavy atom. The van der Waals surface area contributed by atoms with Gasteiger partial charge in [0.1, 0.15) is 18.6 Å². The molecule has 0 saturated carbocycles. The van der Waals surface area contributed by atoms with Gasteiger partial charge in [-0.3, -0.25) is 4.79 Å². The number of ether oxygens (including phenoxy) is 1. The van der Waals surface area contributed by atoms with Gasteiger partial charge in [0.2, 0.25) is 0 Å². The molecular weight excluding hydrogens is 257 g/mol. The molecule has 0 unspecified atom stereocenters. The topological polar surface area (TPSA) is 47.6 Å². The standard InChI is InChI=1S/C11H16NO3PS/c1-14-11(13)8-12-9-4-6-10(7-5-9)15-16(2,3)17/h4-7,12H,8H2,1-3H3. The summed E-state index contributed by atoms with van der Waals surface area (Å²) in [5.41, 5.74) is 0.836. The fraction of sp³-hybridized carbons (Fsp3) is 0.364. The maximum Gasteiger partial charge on any atom is 0.325 e. The second kappa shape index (κ2) is 6.03. The highest BCUT2D eigenvalue weighted by atomic mass is 32.4. The van der Waals surface area contributed by atoms with Crippen LogP contribution in [0.4, 0.5) is 5.69 Å². The number of nitrogens with one attached hydrogen (secondary N) is 1. The average molecular weight is 273 g/mol. The number of benzene rings is 1. The van der Waals surface area contributed by atoms with Gasteiger partial charge in [0.15, 0.2) is 0 Å². The van der Waals surface area contributed by atoms with Gasteiger partial charge in [0.25, 0.3) is 0 Å². The Bertz CT molecular complexity index is 427. The Morgan fingerprint density at radius 2 is 1.94 bits per heavy atom. The first-order valence-electron chi connectivity index (χ1n) is 5.06. The summed E-state index contributed by atoms with van der Waals surface area (Å²) >= 11 is 5.21. The molecule has 0 saturated heterocycles. The van der Waals surface area contributed by atoms with Crippen molar-refractivity contribution in [2.24, 2.45) is 0 Å². The quantitative estimate of drug-likeness (QED) is 0.659. The van der Waals surface area contributed by atoms with E-state index >= 15 is 0 Å². The highest BCUT2D eigenvalue weighted by molar-refractivity contribution is 8.11. The van der Waals surface area contributed by atoms with Gasteiger partial charge in [-0.05, 0) is 37.6 Å². The second-order valence-corrected chi connectivity index (χ2v) is 9.12. The first kappa shape index (κ1) is 14.0. The molecule has 0 heterocycles. The van der Waals surface area contributed by atoms with E-state index in [1.54, 1.807) is 0 Å². The van der Waals surface area contributed by atoms with Crippen molar-refractivity contribution in [1.82, 2.24) is 0 Å². The van der Waals surface area contributed by atoms with Gasteiger partial charge in [-0.2, -0.15) is 0 Å². The summed E-state index contributed by atoms with van der Waals surface area (Å²) in [6, 6.07) is 7.33. The van der Waals surface area contributed by atoms with Crippen LogP contribution in [0.15, 0.2) is 24.3 Å². The minimum atomic E-state index is -1.70. The Labute approximate surface area is 106 Å². The second-order valence-electron chi connectivity index (χ2n) is 3.80. The molecule has 0 bridgehead atoms. The van der Waals surface area contributed by atoms with Crippen LogP contribution in [-0.2, 0) is 21.3 Å². The highest BCUT2D eigenvalue weighted by Gasteiger charge is 2.04. The number of rotatable bonds is 5. The van der Waals surface area contributed by atoms with Crippen LogP contribution in [0.2, 0.25) is 0 Å². The first-order valence-corrected chi connectivity index (χ1v) is 8.67. The largest absolute Gasteiger partial charge is 0.468 e. The lowest BCUT2D eigenvalue weighted by atomic mass is 10.3. The molecule has 1 aromatic carbocycles. The van der Waals surface area contributed by atoms with Gasteiger partial charge in [-0.1, -0.05) is 11.8 Å². The predicted octanol–water partition coefficient (Wildman–Crippen LogP) is 2.30. The van der Waals surface area contributed by atoms with Gasteiger partial charge in [0, 0.05) is 5.69 Å². The monoisotopic (exact) mass is 273 g/mol. The molecule has 1 rings (SSSR count). The van der Waals surface area contributed by atoms with E-state index in [4.69, 9.17) is 16.3 Å². The number of hydrogen-bond donors (Lipinski definition) is 1. The SMILES string of the molecule is COC(=O)CNc1ccc(OP(C)(C)=S)cc1. The van der Waals surface area contributed by atoms with Crippen LogP contribution in [0, 0.1) is 0 Å². The molecule has 0 aliphatic carbocycles. The number of esters is 1. The Balaban J connectivity index is 2.56. The molecule has 94 valence electrons. The molecule has 0 spiro atoms. The normalized spacial score (nSPS) is 10.8. The van der Waals surface area contributed by atoms with Crippen LogP contribution in [0.3, 0.4) is 0 Å². The van der Waals surface area contributed by atoms with Gasteiger partial charge in [-0.15, -0.1) is 0 Å². The average Bonchev–Trinajstić information content (AvgIpc) is 2.25. The fourth-order valence-electron chi connectivity index (χ4n) is 1.13. The Kier molecular flexibility index (Phi) is 4.97. The summed E-state index contributed by atoms with van der Waals surface area (Å²) in [4.78, 5) is 10.9. The molecule has 0 aromatic heterocycles. The minimum Gasteiger partial charge on any atom is -0.468 e. The molecule has 0 radical (unpaired) electrons. The molecule has 1 N–H and O–H groups in total. The highest BCUT2D eigenvalue weighted by Crippen LogP contribution is 2.39. The van der Waals surface area contributed by atoms with E-state index in [9.17, 15) is 4.79 Å². The van der Waals surface area contributed by atoms with E-state index in [-0.39, 0.29) is 12.5 Å². The van der Waals surface area contributed by atoms with Gasteiger partial charge >= 0.3 is 5.97 Å². The van der Waals surface area contributed by atoms with E-state index in [0.29, 0.717) is 0 Å². The first-order chi connectivity index (χ1) is 7.90. The molecule has 1 aromatic rings.